The highest BCUT2D eigenvalue weighted by Gasteiger charge is 2.27. The van der Waals surface area contributed by atoms with Gasteiger partial charge >= 0.3 is 6.03 Å². The van der Waals surface area contributed by atoms with E-state index in [9.17, 15) is 4.79 Å². The van der Waals surface area contributed by atoms with Crippen LogP contribution in [0.15, 0.2) is 23.2 Å². The minimum atomic E-state index is 0.00896. The van der Waals surface area contributed by atoms with Crippen molar-refractivity contribution in [1.82, 2.24) is 29.9 Å². The number of amides is 2. The second-order valence-electron chi connectivity index (χ2n) is 7.29. The number of carbonyl (C=O) groups is 1. The van der Waals surface area contributed by atoms with Crippen molar-refractivity contribution in [3.05, 3.63) is 30.4 Å². The van der Waals surface area contributed by atoms with E-state index in [0.717, 1.165) is 25.1 Å². The van der Waals surface area contributed by atoms with Crippen LogP contribution in [0.2, 0.25) is 0 Å². The Bertz CT molecular complexity index is 688. The lowest BCUT2D eigenvalue weighted by atomic mass is 9.97. The number of nitrogens with zero attached hydrogens (tertiary/aromatic N) is 5. The number of hydrogen-bond donors (Lipinski definition) is 1. The fourth-order valence-electron chi connectivity index (χ4n) is 3.16. The van der Waals surface area contributed by atoms with Gasteiger partial charge in [-0.05, 0) is 26.2 Å². The second-order valence-corrected chi connectivity index (χ2v) is 7.29. The standard InChI is InChI=1S/C18H28N6O2/c1-13(2)16-21-17(26-22-16)15-5-9-23(10-6-15)18(25)20-7-4-14(3)24-11-8-19-12-24/h8,11-15H,4-7,9-10H2,1-3H3,(H,20,25)/t14-/m1/s1. The molecule has 0 aromatic carbocycles. The number of carbonyl (C=O) groups excluding carboxylic acids is 1. The third-order valence-corrected chi connectivity index (χ3v) is 4.98. The zero-order chi connectivity index (χ0) is 18.5. The van der Waals surface area contributed by atoms with E-state index in [0.29, 0.717) is 31.6 Å². The first-order valence-electron chi connectivity index (χ1n) is 9.38. The van der Waals surface area contributed by atoms with Crippen molar-refractivity contribution < 1.29 is 9.32 Å². The number of rotatable bonds is 6. The van der Waals surface area contributed by atoms with Crippen molar-refractivity contribution in [1.29, 1.82) is 0 Å². The minimum absolute atomic E-state index is 0.00896. The van der Waals surface area contributed by atoms with Crippen LogP contribution in [0.1, 0.15) is 69.6 Å². The third kappa shape index (κ3) is 4.42. The molecule has 2 aromatic rings. The third-order valence-electron chi connectivity index (χ3n) is 4.98. The van der Waals surface area contributed by atoms with Gasteiger partial charge in [0, 0.05) is 49.9 Å². The predicted molar refractivity (Wildman–Crippen MR) is 96.9 cm³/mol. The van der Waals surface area contributed by atoms with Crippen molar-refractivity contribution >= 4 is 6.03 Å². The van der Waals surface area contributed by atoms with Crippen molar-refractivity contribution in [2.75, 3.05) is 19.6 Å². The van der Waals surface area contributed by atoms with Crippen LogP contribution >= 0.6 is 0 Å². The molecule has 1 saturated heterocycles. The highest BCUT2D eigenvalue weighted by atomic mass is 16.5. The van der Waals surface area contributed by atoms with Gasteiger partial charge in [0.15, 0.2) is 5.82 Å². The topological polar surface area (TPSA) is 89.1 Å². The lowest BCUT2D eigenvalue weighted by Gasteiger charge is -2.30. The van der Waals surface area contributed by atoms with Gasteiger partial charge in [-0.3, -0.25) is 0 Å². The first kappa shape index (κ1) is 18.4. The normalized spacial score (nSPS) is 16.8. The highest BCUT2D eigenvalue weighted by Crippen LogP contribution is 2.27. The van der Waals surface area contributed by atoms with E-state index in [4.69, 9.17) is 4.52 Å². The number of nitrogens with one attached hydrogen (secondary N) is 1. The first-order valence-corrected chi connectivity index (χ1v) is 9.38. The average Bonchev–Trinajstić information content (AvgIpc) is 3.33. The predicted octanol–water partition coefficient (Wildman–Crippen LogP) is 2.93. The lowest BCUT2D eigenvalue weighted by Crippen LogP contribution is -2.44. The molecule has 0 unspecified atom stereocenters. The van der Waals surface area contributed by atoms with E-state index in [1.165, 1.54) is 0 Å². The van der Waals surface area contributed by atoms with Gasteiger partial charge in [-0.2, -0.15) is 4.98 Å². The summed E-state index contributed by atoms with van der Waals surface area (Å²) in [6.07, 6.45) is 8.11. The molecule has 0 saturated carbocycles. The summed E-state index contributed by atoms with van der Waals surface area (Å²) in [5.41, 5.74) is 0. The molecule has 3 rings (SSSR count). The maximum atomic E-state index is 12.3. The summed E-state index contributed by atoms with van der Waals surface area (Å²) in [6, 6.07) is 0.325. The molecule has 1 N–H and O–H groups in total. The van der Waals surface area contributed by atoms with Crippen LogP contribution in [0.5, 0.6) is 0 Å². The maximum Gasteiger partial charge on any atom is 0.317 e. The molecule has 0 radical (unpaired) electrons. The van der Waals surface area contributed by atoms with Crippen LogP contribution in [0, 0.1) is 0 Å². The highest BCUT2D eigenvalue weighted by molar-refractivity contribution is 5.74. The van der Waals surface area contributed by atoms with Crippen LogP contribution in [0.3, 0.4) is 0 Å². The number of hydrogen-bond acceptors (Lipinski definition) is 5. The van der Waals surface area contributed by atoms with Gasteiger partial charge in [-0.1, -0.05) is 19.0 Å². The van der Waals surface area contributed by atoms with Crippen molar-refractivity contribution in [2.45, 2.75) is 57.9 Å². The van der Waals surface area contributed by atoms with Crippen LogP contribution in [0.4, 0.5) is 4.79 Å². The summed E-state index contributed by atoms with van der Waals surface area (Å²) in [4.78, 5) is 22.8. The fraction of sp³-hybridized carbons (Fsp3) is 0.667. The van der Waals surface area contributed by atoms with E-state index >= 15 is 0 Å². The van der Waals surface area contributed by atoms with Gasteiger partial charge in [0.05, 0.1) is 6.33 Å². The summed E-state index contributed by atoms with van der Waals surface area (Å²) >= 11 is 0. The maximum absolute atomic E-state index is 12.3. The Balaban J connectivity index is 1.40. The Morgan fingerprint density at radius 3 is 2.73 bits per heavy atom. The minimum Gasteiger partial charge on any atom is -0.339 e. The Kier molecular flexibility index (Phi) is 5.90. The molecular formula is C18H28N6O2. The molecule has 1 atom stereocenters. The molecule has 1 aliphatic heterocycles. The second kappa shape index (κ2) is 8.33. The number of imidazole rings is 1. The quantitative estimate of drug-likeness (QED) is 0.855. The number of likely N-dealkylation sites (tertiary alicyclic amines) is 1. The van der Waals surface area contributed by atoms with E-state index in [2.05, 4.69) is 41.2 Å². The molecule has 0 bridgehead atoms. The molecule has 142 valence electrons. The number of piperidine rings is 1. The van der Waals surface area contributed by atoms with Crippen molar-refractivity contribution in [3.8, 4) is 0 Å². The smallest absolute Gasteiger partial charge is 0.317 e. The molecule has 0 aliphatic carbocycles. The number of aromatic nitrogens is 4. The molecule has 2 amide bonds. The van der Waals surface area contributed by atoms with Gasteiger partial charge in [0.1, 0.15) is 0 Å². The van der Waals surface area contributed by atoms with E-state index in [1.807, 2.05) is 15.7 Å². The van der Waals surface area contributed by atoms with Crippen molar-refractivity contribution in [2.24, 2.45) is 0 Å². The van der Waals surface area contributed by atoms with Crippen LogP contribution < -0.4 is 5.32 Å². The zero-order valence-electron chi connectivity index (χ0n) is 15.8. The van der Waals surface area contributed by atoms with Crippen LogP contribution in [0.25, 0.3) is 0 Å². The van der Waals surface area contributed by atoms with Crippen molar-refractivity contribution in [3.63, 3.8) is 0 Å². The van der Waals surface area contributed by atoms with E-state index in [-0.39, 0.29) is 17.9 Å². The van der Waals surface area contributed by atoms with E-state index in [1.54, 1.807) is 12.5 Å². The largest absolute Gasteiger partial charge is 0.339 e. The Morgan fingerprint density at radius 2 is 2.12 bits per heavy atom. The molecule has 8 heteroatoms. The zero-order valence-corrected chi connectivity index (χ0v) is 15.8. The Labute approximate surface area is 154 Å². The Hall–Kier alpha value is -2.38. The monoisotopic (exact) mass is 360 g/mol. The SMILES string of the molecule is CC(C)c1noc(C2CCN(C(=O)NCC[C@@H](C)n3ccnc3)CC2)n1. The molecule has 8 nitrogen and oxygen atoms in total. The number of urea groups is 1. The molecular weight excluding hydrogens is 332 g/mol. The summed E-state index contributed by atoms with van der Waals surface area (Å²) in [6.45, 7) is 8.30. The van der Waals surface area contributed by atoms with Gasteiger partial charge in [-0.15, -0.1) is 0 Å². The Morgan fingerprint density at radius 1 is 1.35 bits per heavy atom. The van der Waals surface area contributed by atoms with Crippen LogP contribution in [-0.4, -0.2) is 50.3 Å². The molecule has 3 heterocycles. The van der Waals surface area contributed by atoms with Gasteiger partial charge in [-0.25, -0.2) is 9.78 Å². The summed E-state index contributed by atoms with van der Waals surface area (Å²) in [5.74, 6) is 1.98. The molecule has 2 aromatic heterocycles. The lowest BCUT2D eigenvalue weighted by molar-refractivity contribution is 0.175. The van der Waals surface area contributed by atoms with Gasteiger partial charge in [0.25, 0.3) is 0 Å². The molecule has 1 fully saturated rings. The molecule has 0 spiro atoms. The van der Waals surface area contributed by atoms with Crippen LogP contribution in [-0.2, 0) is 0 Å². The summed E-state index contributed by atoms with van der Waals surface area (Å²) < 4.78 is 7.45. The average molecular weight is 360 g/mol. The first-order chi connectivity index (χ1) is 12.5. The molecule has 26 heavy (non-hydrogen) atoms. The fourth-order valence-corrected chi connectivity index (χ4v) is 3.16. The van der Waals surface area contributed by atoms with E-state index < -0.39 is 0 Å². The summed E-state index contributed by atoms with van der Waals surface area (Å²) in [5, 5.41) is 7.06. The van der Waals surface area contributed by atoms with Gasteiger partial charge < -0.3 is 19.3 Å². The summed E-state index contributed by atoms with van der Waals surface area (Å²) in [7, 11) is 0. The molecule has 1 aliphatic rings. The van der Waals surface area contributed by atoms with Gasteiger partial charge in [0.2, 0.25) is 5.89 Å².